The number of thioether (sulfide) groups is 1. The van der Waals surface area contributed by atoms with Crippen LogP contribution in [0.1, 0.15) is 59.9 Å². The molecule has 1 amide bonds. The molecular weight excluding hydrogens is 482 g/mol. The monoisotopic (exact) mass is 513 g/mol. The van der Waals surface area contributed by atoms with E-state index in [1.54, 1.807) is 19.1 Å². The van der Waals surface area contributed by atoms with Crippen molar-refractivity contribution in [3.8, 4) is 5.69 Å². The Balaban J connectivity index is 1.47. The molecule has 2 fully saturated rings. The third-order valence-corrected chi connectivity index (χ3v) is 7.88. The van der Waals surface area contributed by atoms with Gasteiger partial charge in [0, 0.05) is 23.1 Å². The molecule has 0 radical (unpaired) electrons. The molecule has 0 N–H and O–H groups in total. The molecule has 190 valence electrons. The van der Waals surface area contributed by atoms with Crippen molar-refractivity contribution in [2.24, 2.45) is 4.99 Å². The van der Waals surface area contributed by atoms with E-state index in [2.05, 4.69) is 17.6 Å². The van der Waals surface area contributed by atoms with Crippen LogP contribution < -0.4 is 0 Å². The second-order valence-corrected chi connectivity index (χ2v) is 10.4. The van der Waals surface area contributed by atoms with Crippen molar-refractivity contribution in [1.29, 1.82) is 0 Å². The molecule has 1 aliphatic carbocycles. The highest BCUT2D eigenvalue weighted by molar-refractivity contribution is 8.18. The molecular formula is C30H31N3O3S. The Morgan fingerprint density at radius 2 is 1.78 bits per heavy atom. The maximum atomic E-state index is 13.6. The summed E-state index contributed by atoms with van der Waals surface area (Å²) in [6.07, 6.45) is 6.32. The third kappa shape index (κ3) is 5.14. The van der Waals surface area contributed by atoms with Crippen LogP contribution in [0.2, 0.25) is 0 Å². The number of ether oxygens (including phenoxy) is 1. The van der Waals surface area contributed by atoms with E-state index in [1.807, 2.05) is 60.4 Å². The van der Waals surface area contributed by atoms with Gasteiger partial charge in [-0.15, -0.1) is 0 Å². The van der Waals surface area contributed by atoms with Gasteiger partial charge in [-0.1, -0.05) is 31.0 Å². The highest BCUT2D eigenvalue weighted by atomic mass is 32.2. The van der Waals surface area contributed by atoms with Gasteiger partial charge in [0.05, 0.1) is 22.8 Å². The predicted molar refractivity (Wildman–Crippen MR) is 149 cm³/mol. The summed E-state index contributed by atoms with van der Waals surface area (Å²) >= 11 is 1.46. The molecule has 6 nitrogen and oxygen atoms in total. The number of carbonyl (C=O) groups excluding carboxylic acids is 2. The SMILES string of the molecule is CCOC(=O)c1ccc(-n2c(C)cc(/C=C3\SC(=Nc4ccccc4)N(C4CCCC4)C3=O)c2C)cc1. The van der Waals surface area contributed by atoms with Crippen molar-refractivity contribution in [1.82, 2.24) is 9.47 Å². The molecule has 1 saturated heterocycles. The first-order valence-corrected chi connectivity index (χ1v) is 13.6. The molecule has 5 rings (SSSR count). The van der Waals surface area contributed by atoms with Crippen molar-refractivity contribution >= 4 is 40.6 Å². The first-order valence-electron chi connectivity index (χ1n) is 12.8. The number of benzene rings is 2. The van der Waals surface area contributed by atoms with E-state index >= 15 is 0 Å². The largest absolute Gasteiger partial charge is 0.462 e. The topological polar surface area (TPSA) is 63.9 Å². The minimum atomic E-state index is -0.322. The maximum absolute atomic E-state index is 13.6. The number of rotatable bonds is 6. The van der Waals surface area contributed by atoms with Gasteiger partial charge in [-0.3, -0.25) is 9.69 Å². The van der Waals surface area contributed by atoms with Crippen LogP contribution in [0, 0.1) is 13.8 Å². The number of amidine groups is 1. The summed E-state index contributed by atoms with van der Waals surface area (Å²) in [7, 11) is 0. The van der Waals surface area contributed by atoms with Gasteiger partial charge < -0.3 is 9.30 Å². The number of aryl methyl sites for hydroxylation is 1. The Hall–Kier alpha value is -3.58. The molecule has 0 atom stereocenters. The smallest absolute Gasteiger partial charge is 0.338 e. The molecule has 1 saturated carbocycles. The number of nitrogens with zero attached hydrogens (tertiary/aromatic N) is 3. The van der Waals surface area contributed by atoms with Crippen LogP contribution in [0.3, 0.4) is 0 Å². The van der Waals surface area contributed by atoms with Crippen molar-refractivity contribution < 1.29 is 14.3 Å². The lowest BCUT2D eigenvalue weighted by molar-refractivity contribution is -0.123. The van der Waals surface area contributed by atoms with Crippen molar-refractivity contribution in [3.63, 3.8) is 0 Å². The van der Waals surface area contributed by atoms with Gasteiger partial charge in [-0.2, -0.15) is 0 Å². The summed E-state index contributed by atoms with van der Waals surface area (Å²) in [6.45, 7) is 6.24. The number of hydrogen-bond donors (Lipinski definition) is 0. The zero-order valence-electron chi connectivity index (χ0n) is 21.4. The highest BCUT2D eigenvalue weighted by Gasteiger charge is 2.39. The van der Waals surface area contributed by atoms with E-state index in [0.717, 1.165) is 59.2 Å². The predicted octanol–water partition coefficient (Wildman–Crippen LogP) is 6.82. The number of esters is 1. The number of aromatic nitrogens is 1. The quantitative estimate of drug-likeness (QED) is 0.268. The number of amides is 1. The number of aliphatic imine (C=N–C) groups is 1. The first-order chi connectivity index (χ1) is 18.0. The molecule has 7 heteroatoms. The number of hydrogen-bond acceptors (Lipinski definition) is 5. The van der Waals surface area contributed by atoms with Crippen molar-refractivity contribution in [2.75, 3.05) is 6.61 Å². The van der Waals surface area contributed by atoms with Gasteiger partial charge in [0.1, 0.15) is 0 Å². The second kappa shape index (κ2) is 10.8. The van der Waals surface area contributed by atoms with E-state index in [1.165, 1.54) is 11.8 Å². The van der Waals surface area contributed by atoms with Crippen LogP contribution in [0.4, 0.5) is 5.69 Å². The Bertz CT molecular complexity index is 1370. The molecule has 37 heavy (non-hydrogen) atoms. The normalized spacial score (nSPS) is 18.4. The summed E-state index contributed by atoms with van der Waals surface area (Å²) < 4.78 is 7.24. The molecule has 2 aromatic carbocycles. The summed E-state index contributed by atoms with van der Waals surface area (Å²) in [5.74, 6) is -0.285. The Labute approximate surface area is 222 Å². The average molecular weight is 514 g/mol. The summed E-state index contributed by atoms with van der Waals surface area (Å²) in [6, 6.07) is 19.5. The fourth-order valence-electron chi connectivity index (χ4n) is 5.10. The van der Waals surface area contributed by atoms with Gasteiger partial charge >= 0.3 is 5.97 Å². The molecule has 3 aromatic rings. The van der Waals surface area contributed by atoms with Gasteiger partial charge in [-0.05, 0) is 99.5 Å². The zero-order valence-corrected chi connectivity index (χ0v) is 22.3. The van der Waals surface area contributed by atoms with E-state index in [-0.39, 0.29) is 17.9 Å². The highest BCUT2D eigenvalue weighted by Crippen LogP contribution is 2.39. The van der Waals surface area contributed by atoms with E-state index in [0.29, 0.717) is 17.1 Å². The van der Waals surface area contributed by atoms with E-state index < -0.39 is 0 Å². The summed E-state index contributed by atoms with van der Waals surface area (Å²) in [4.78, 5) is 33.1. The maximum Gasteiger partial charge on any atom is 0.338 e. The molecule has 2 heterocycles. The Kier molecular flexibility index (Phi) is 7.33. The minimum Gasteiger partial charge on any atom is -0.462 e. The second-order valence-electron chi connectivity index (χ2n) is 9.38. The fraction of sp³-hybridized carbons (Fsp3) is 0.300. The van der Waals surface area contributed by atoms with Crippen molar-refractivity contribution in [2.45, 2.75) is 52.5 Å². The van der Waals surface area contributed by atoms with Crippen LogP contribution in [0.15, 0.2) is 70.6 Å². The molecule has 0 unspecified atom stereocenters. The molecule has 0 spiro atoms. The lowest BCUT2D eigenvalue weighted by Gasteiger charge is -2.22. The van der Waals surface area contributed by atoms with Crippen LogP contribution >= 0.6 is 11.8 Å². The first kappa shape index (κ1) is 25.1. The van der Waals surface area contributed by atoms with Crippen LogP contribution in [0.25, 0.3) is 11.8 Å². The summed E-state index contributed by atoms with van der Waals surface area (Å²) in [5, 5.41) is 0.762. The molecule has 0 bridgehead atoms. The molecule has 1 aliphatic heterocycles. The van der Waals surface area contributed by atoms with Gasteiger partial charge in [0.2, 0.25) is 0 Å². The number of carbonyl (C=O) groups is 2. The zero-order chi connectivity index (χ0) is 25.9. The lowest BCUT2D eigenvalue weighted by Crippen LogP contribution is -2.37. The molecule has 2 aliphatic rings. The van der Waals surface area contributed by atoms with E-state index in [4.69, 9.17) is 9.73 Å². The number of para-hydroxylation sites is 1. The standard InChI is InChI=1S/C30H31N3O3S/c1-4-36-29(35)22-14-16-26(17-15-22)32-20(2)18-23(21(32)3)19-27-28(34)33(25-12-8-9-13-25)30(37-27)31-24-10-6-5-7-11-24/h5-7,10-11,14-19,25H,4,8-9,12-13H2,1-3H3/b27-19-,31-30?. The third-order valence-electron chi connectivity index (χ3n) is 6.90. The Morgan fingerprint density at radius 3 is 2.46 bits per heavy atom. The van der Waals surface area contributed by atoms with Crippen LogP contribution in [0.5, 0.6) is 0 Å². The van der Waals surface area contributed by atoms with Crippen LogP contribution in [-0.2, 0) is 9.53 Å². The molecule has 1 aromatic heterocycles. The fourth-order valence-corrected chi connectivity index (χ4v) is 6.15. The minimum absolute atomic E-state index is 0.0372. The van der Waals surface area contributed by atoms with Gasteiger partial charge in [-0.25, -0.2) is 9.79 Å². The lowest BCUT2D eigenvalue weighted by atomic mass is 10.2. The van der Waals surface area contributed by atoms with Crippen molar-refractivity contribution in [3.05, 3.63) is 88.1 Å². The van der Waals surface area contributed by atoms with E-state index in [9.17, 15) is 9.59 Å². The van der Waals surface area contributed by atoms with Gasteiger partial charge in [0.25, 0.3) is 5.91 Å². The average Bonchev–Trinajstić information content (AvgIpc) is 3.59. The Morgan fingerprint density at radius 1 is 1.08 bits per heavy atom. The van der Waals surface area contributed by atoms with Gasteiger partial charge in [0.15, 0.2) is 5.17 Å². The van der Waals surface area contributed by atoms with Crippen LogP contribution in [-0.4, -0.2) is 39.2 Å². The summed E-state index contributed by atoms with van der Waals surface area (Å²) in [5.41, 5.74) is 5.41.